The molecule has 4 rings (SSSR count). The standard InChI is InChI=1S/C21H23N3O6S2/c1-2-30-17-5-4-15(12-19(17)32(27,28)24-7-9-29-10-8-24)22-21(26)14-3-6-18-16(11-14)23-20(25)13-31-18/h3-6,11-12H,2,7-10,13H2,1H3,(H,22,26)(H,23,25). The number of hydrogen-bond acceptors (Lipinski definition) is 7. The molecular formula is C21H23N3O6S2. The molecule has 2 aromatic carbocycles. The highest BCUT2D eigenvalue weighted by Gasteiger charge is 2.30. The second-order valence-corrected chi connectivity index (χ2v) is 10.0. The average molecular weight is 478 g/mol. The van der Waals surface area contributed by atoms with Gasteiger partial charge in [-0.1, -0.05) is 0 Å². The summed E-state index contributed by atoms with van der Waals surface area (Å²) in [6.07, 6.45) is 0. The zero-order valence-electron chi connectivity index (χ0n) is 17.4. The predicted octanol–water partition coefficient (Wildman–Crippen LogP) is 2.40. The fraction of sp³-hybridized carbons (Fsp3) is 0.333. The molecule has 0 atom stereocenters. The van der Waals surface area contributed by atoms with Crippen LogP contribution in [-0.4, -0.2) is 63.2 Å². The lowest BCUT2D eigenvalue weighted by molar-refractivity contribution is -0.113. The van der Waals surface area contributed by atoms with E-state index in [1.54, 1.807) is 31.2 Å². The highest BCUT2D eigenvalue weighted by molar-refractivity contribution is 8.00. The van der Waals surface area contributed by atoms with Gasteiger partial charge >= 0.3 is 0 Å². The van der Waals surface area contributed by atoms with E-state index in [-0.39, 0.29) is 29.6 Å². The van der Waals surface area contributed by atoms with E-state index in [0.717, 1.165) is 4.90 Å². The number of rotatable bonds is 6. The molecule has 2 heterocycles. The van der Waals surface area contributed by atoms with Crippen molar-refractivity contribution in [1.82, 2.24) is 4.31 Å². The molecule has 0 aromatic heterocycles. The van der Waals surface area contributed by atoms with Crippen molar-refractivity contribution in [2.75, 3.05) is 49.3 Å². The molecule has 2 aliphatic heterocycles. The molecule has 1 fully saturated rings. The highest BCUT2D eigenvalue weighted by Crippen LogP contribution is 2.33. The van der Waals surface area contributed by atoms with Crippen LogP contribution in [0.25, 0.3) is 0 Å². The third-order valence-corrected chi connectivity index (χ3v) is 7.96. The third kappa shape index (κ3) is 4.75. The van der Waals surface area contributed by atoms with E-state index in [1.165, 1.54) is 28.2 Å². The van der Waals surface area contributed by atoms with Gasteiger partial charge in [0, 0.05) is 29.2 Å². The molecule has 0 aliphatic carbocycles. The van der Waals surface area contributed by atoms with Crippen LogP contribution in [0.2, 0.25) is 0 Å². The molecule has 2 aromatic rings. The zero-order valence-corrected chi connectivity index (χ0v) is 19.1. The molecule has 2 N–H and O–H groups in total. The van der Waals surface area contributed by atoms with Crippen molar-refractivity contribution in [2.24, 2.45) is 0 Å². The van der Waals surface area contributed by atoms with Gasteiger partial charge in [0.15, 0.2) is 0 Å². The molecule has 170 valence electrons. The number of anilines is 2. The Hall–Kier alpha value is -2.60. The molecule has 11 heteroatoms. The van der Waals surface area contributed by atoms with Crippen molar-refractivity contribution in [3.8, 4) is 5.75 Å². The lowest BCUT2D eigenvalue weighted by Crippen LogP contribution is -2.40. The van der Waals surface area contributed by atoms with Crippen LogP contribution in [0.4, 0.5) is 11.4 Å². The van der Waals surface area contributed by atoms with Crippen molar-refractivity contribution in [3.05, 3.63) is 42.0 Å². The van der Waals surface area contributed by atoms with Gasteiger partial charge in [-0.25, -0.2) is 8.42 Å². The minimum absolute atomic E-state index is 0.00634. The maximum absolute atomic E-state index is 13.2. The fourth-order valence-electron chi connectivity index (χ4n) is 3.42. The van der Waals surface area contributed by atoms with Crippen LogP contribution in [-0.2, 0) is 19.6 Å². The number of ether oxygens (including phenoxy) is 2. The molecule has 2 amide bonds. The van der Waals surface area contributed by atoms with Crippen LogP contribution in [0, 0.1) is 0 Å². The predicted molar refractivity (Wildman–Crippen MR) is 121 cm³/mol. The lowest BCUT2D eigenvalue weighted by Gasteiger charge is -2.27. The zero-order chi connectivity index (χ0) is 22.7. The molecule has 0 saturated carbocycles. The van der Waals surface area contributed by atoms with Gasteiger partial charge in [-0.05, 0) is 43.3 Å². The Bertz CT molecular complexity index is 1150. The van der Waals surface area contributed by atoms with E-state index >= 15 is 0 Å². The Kier molecular flexibility index (Phi) is 6.70. The normalized spacial score (nSPS) is 16.7. The number of nitrogens with one attached hydrogen (secondary N) is 2. The molecule has 0 spiro atoms. The maximum atomic E-state index is 13.2. The van der Waals surface area contributed by atoms with Crippen LogP contribution >= 0.6 is 11.8 Å². The van der Waals surface area contributed by atoms with Gasteiger partial charge in [-0.15, -0.1) is 11.8 Å². The van der Waals surface area contributed by atoms with E-state index in [2.05, 4.69) is 10.6 Å². The Morgan fingerprint density at radius 1 is 1.22 bits per heavy atom. The topological polar surface area (TPSA) is 114 Å². The quantitative estimate of drug-likeness (QED) is 0.657. The van der Waals surface area contributed by atoms with E-state index in [9.17, 15) is 18.0 Å². The van der Waals surface area contributed by atoms with E-state index < -0.39 is 15.9 Å². The summed E-state index contributed by atoms with van der Waals surface area (Å²) in [4.78, 5) is 25.3. The van der Waals surface area contributed by atoms with E-state index in [4.69, 9.17) is 9.47 Å². The molecule has 1 saturated heterocycles. The summed E-state index contributed by atoms with van der Waals surface area (Å²) >= 11 is 1.41. The van der Waals surface area contributed by atoms with Crippen LogP contribution in [0.3, 0.4) is 0 Å². The van der Waals surface area contributed by atoms with Crippen LogP contribution in [0.15, 0.2) is 46.2 Å². The first-order chi connectivity index (χ1) is 15.4. The number of morpholine rings is 1. The number of carbonyl (C=O) groups is 2. The average Bonchev–Trinajstić information content (AvgIpc) is 2.80. The first kappa shape index (κ1) is 22.6. The van der Waals surface area contributed by atoms with Gasteiger partial charge in [0.1, 0.15) is 10.6 Å². The van der Waals surface area contributed by atoms with Gasteiger partial charge in [0.05, 0.1) is 31.3 Å². The smallest absolute Gasteiger partial charge is 0.255 e. The second kappa shape index (κ2) is 9.49. The monoisotopic (exact) mass is 477 g/mol. The largest absolute Gasteiger partial charge is 0.492 e. The second-order valence-electron chi connectivity index (χ2n) is 7.11. The Morgan fingerprint density at radius 2 is 2.00 bits per heavy atom. The minimum atomic E-state index is -3.83. The molecule has 0 unspecified atom stereocenters. The van der Waals surface area contributed by atoms with E-state index in [0.29, 0.717) is 42.5 Å². The molecule has 2 aliphatic rings. The van der Waals surface area contributed by atoms with Crippen molar-refractivity contribution < 1.29 is 27.5 Å². The molecule has 32 heavy (non-hydrogen) atoms. The number of sulfonamides is 1. The number of benzene rings is 2. The SMILES string of the molecule is CCOc1ccc(NC(=O)c2ccc3c(c2)NC(=O)CS3)cc1S(=O)(=O)N1CCOCC1. The molecule has 9 nitrogen and oxygen atoms in total. The molecule has 0 bridgehead atoms. The minimum Gasteiger partial charge on any atom is -0.492 e. The Balaban J connectivity index is 1.60. The first-order valence-electron chi connectivity index (χ1n) is 10.1. The number of amides is 2. The first-order valence-corrected chi connectivity index (χ1v) is 12.5. The van der Waals surface area contributed by atoms with Crippen molar-refractivity contribution >= 4 is 45.0 Å². The summed E-state index contributed by atoms with van der Waals surface area (Å²) < 4.78 is 38.6. The van der Waals surface area contributed by atoms with Crippen molar-refractivity contribution in [3.63, 3.8) is 0 Å². The lowest BCUT2D eigenvalue weighted by atomic mass is 10.1. The number of thioether (sulfide) groups is 1. The van der Waals surface area contributed by atoms with Crippen molar-refractivity contribution in [2.45, 2.75) is 16.7 Å². The Labute approximate surface area is 190 Å². The number of hydrogen-bond donors (Lipinski definition) is 2. The summed E-state index contributed by atoms with van der Waals surface area (Å²) in [5.41, 5.74) is 1.25. The summed E-state index contributed by atoms with van der Waals surface area (Å²) in [6.45, 7) is 3.23. The third-order valence-electron chi connectivity index (χ3n) is 4.96. The molecule has 0 radical (unpaired) electrons. The number of carbonyl (C=O) groups excluding carboxylic acids is 2. The molecular weight excluding hydrogens is 454 g/mol. The summed E-state index contributed by atoms with van der Waals surface area (Å²) in [7, 11) is -3.83. The summed E-state index contributed by atoms with van der Waals surface area (Å²) in [6, 6.07) is 9.59. The number of nitrogens with zero attached hydrogens (tertiary/aromatic N) is 1. The van der Waals surface area contributed by atoms with Crippen LogP contribution < -0.4 is 15.4 Å². The fourth-order valence-corrected chi connectivity index (χ4v) is 5.77. The van der Waals surface area contributed by atoms with Gasteiger partial charge in [-0.3, -0.25) is 9.59 Å². The van der Waals surface area contributed by atoms with Gasteiger partial charge in [0.2, 0.25) is 15.9 Å². The van der Waals surface area contributed by atoms with Gasteiger partial charge < -0.3 is 20.1 Å². The van der Waals surface area contributed by atoms with Crippen LogP contribution in [0.5, 0.6) is 5.75 Å². The summed E-state index contributed by atoms with van der Waals surface area (Å²) in [5.74, 6) is 0.0250. The maximum Gasteiger partial charge on any atom is 0.255 e. The Morgan fingerprint density at radius 3 is 2.75 bits per heavy atom. The highest BCUT2D eigenvalue weighted by atomic mass is 32.2. The summed E-state index contributed by atoms with van der Waals surface area (Å²) in [5, 5.41) is 5.49. The van der Waals surface area contributed by atoms with Crippen LogP contribution in [0.1, 0.15) is 17.3 Å². The number of fused-ring (bicyclic) bond motifs is 1. The van der Waals surface area contributed by atoms with Crippen molar-refractivity contribution in [1.29, 1.82) is 0 Å². The van der Waals surface area contributed by atoms with Gasteiger partial charge in [-0.2, -0.15) is 4.31 Å². The van der Waals surface area contributed by atoms with E-state index in [1.807, 2.05) is 0 Å². The van der Waals surface area contributed by atoms with Gasteiger partial charge in [0.25, 0.3) is 5.91 Å².